The Bertz CT molecular complexity index is 650. The first kappa shape index (κ1) is 21.4. The third-order valence-corrected chi connectivity index (χ3v) is 4.01. The molecule has 0 aromatic carbocycles. The van der Waals surface area contributed by atoms with Crippen molar-refractivity contribution >= 4 is 35.4 Å². The molecule has 0 radical (unpaired) electrons. The van der Waals surface area contributed by atoms with Crippen molar-refractivity contribution in [2.75, 3.05) is 5.75 Å². The van der Waals surface area contributed by atoms with E-state index < -0.39 is 35.4 Å². The van der Waals surface area contributed by atoms with Gasteiger partial charge in [0.15, 0.2) is 0 Å². The molecular weight excluding hydrogens is 385 g/mol. The molecule has 0 bridgehead atoms. The highest BCUT2D eigenvalue weighted by atomic mass is 35.5. The molecule has 2 N–H and O–H groups in total. The number of carboxylic acids is 1. The minimum Gasteiger partial charge on any atom is -0.480 e. The number of aliphatic carboxylic acids is 1. The molecule has 1 amide bonds. The number of aromatic nitrogens is 1. The molecule has 1 aromatic rings. The highest BCUT2D eigenvalue weighted by molar-refractivity contribution is 7.99. The van der Waals surface area contributed by atoms with E-state index in [1.165, 1.54) is 0 Å². The van der Waals surface area contributed by atoms with Crippen LogP contribution in [0.3, 0.4) is 0 Å². The lowest BCUT2D eigenvalue weighted by Crippen LogP contribution is -2.44. The van der Waals surface area contributed by atoms with Crippen molar-refractivity contribution in [3.8, 4) is 0 Å². The van der Waals surface area contributed by atoms with E-state index in [0.717, 1.165) is 11.8 Å². The number of hydrogen-bond acceptors (Lipinski definition) is 5. The zero-order valence-corrected chi connectivity index (χ0v) is 15.1. The molecule has 0 unspecified atom stereocenters. The summed E-state index contributed by atoms with van der Waals surface area (Å²) in [6.45, 7) is 4.84. The van der Waals surface area contributed by atoms with Gasteiger partial charge in [0.1, 0.15) is 16.7 Å². The number of rotatable bonds is 5. The van der Waals surface area contributed by atoms with Gasteiger partial charge in [-0.1, -0.05) is 11.6 Å². The Kier molecular flexibility index (Phi) is 6.95. The van der Waals surface area contributed by atoms with Gasteiger partial charge in [0.05, 0.1) is 10.6 Å². The van der Waals surface area contributed by atoms with Crippen LogP contribution in [0.1, 0.15) is 26.3 Å². The van der Waals surface area contributed by atoms with E-state index in [9.17, 15) is 22.8 Å². The topological polar surface area (TPSA) is 88.5 Å². The van der Waals surface area contributed by atoms with Crippen LogP contribution in [0.5, 0.6) is 0 Å². The normalized spacial score (nSPS) is 13.2. The summed E-state index contributed by atoms with van der Waals surface area (Å²) in [4.78, 5) is 26.4. The SMILES string of the molecule is CC(C)(C)OC(=O)N[C@@H](CSc1ncc(C(F)(F)F)cc1Cl)C(=O)O. The van der Waals surface area contributed by atoms with Crippen LogP contribution in [-0.4, -0.2) is 39.5 Å². The van der Waals surface area contributed by atoms with Crippen molar-refractivity contribution in [1.29, 1.82) is 0 Å². The van der Waals surface area contributed by atoms with Gasteiger partial charge in [-0.25, -0.2) is 14.6 Å². The predicted octanol–water partition coefficient (Wildman–Crippen LogP) is 3.82. The van der Waals surface area contributed by atoms with Crippen LogP contribution in [0.4, 0.5) is 18.0 Å². The Morgan fingerprint density at radius 1 is 1.40 bits per heavy atom. The fraction of sp³-hybridized carbons (Fsp3) is 0.500. The summed E-state index contributed by atoms with van der Waals surface area (Å²) >= 11 is 6.55. The predicted molar refractivity (Wildman–Crippen MR) is 85.8 cm³/mol. The Hall–Kier alpha value is -1.68. The Labute approximate surface area is 151 Å². The highest BCUT2D eigenvalue weighted by Crippen LogP contribution is 2.33. The number of carboxylic acid groups (broad SMARTS) is 1. The minimum absolute atomic E-state index is 0.0203. The maximum Gasteiger partial charge on any atom is 0.417 e. The fourth-order valence-electron chi connectivity index (χ4n) is 1.47. The quantitative estimate of drug-likeness (QED) is 0.730. The van der Waals surface area contributed by atoms with Crippen LogP contribution in [0, 0.1) is 0 Å². The highest BCUT2D eigenvalue weighted by Gasteiger charge is 2.32. The van der Waals surface area contributed by atoms with Crippen LogP contribution in [0.15, 0.2) is 17.3 Å². The number of alkyl carbamates (subject to hydrolysis) is 1. The first-order valence-corrected chi connectivity index (χ1v) is 8.24. The van der Waals surface area contributed by atoms with Crippen LogP contribution >= 0.6 is 23.4 Å². The summed E-state index contributed by atoms with van der Waals surface area (Å²) < 4.78 is 42.6. The first-order valence-electron chi connectivity index (χ1n) is 6.87. The summed E-state index contributed by atoms with van der Waals surface area (Å²) in [7, 11) is 0. The second-order valence-electron chi connectivity index (χ2n) is 5.86. The van der Waals surface area contributed by atoms with Gasteiger partial charge in [0.2, 0.25) is 0 Å². The number of halogens is 4. The number of ether oxygens (including phenoxy) is 1. The van der Waals surface area contributed by atoms with Gasteiger partial charge in [-0.05, 0) is 26.8 Å². The van der Waals surface area contributed by atoms with E-state index in [0.29, 0.717) is 12.3 Å². The van der Waals surface area contributed by atoms with Crippen LogP contribution < -0.4 is 5.32 Å². The summed E-state index contributed by atoms with van der Waals surface area (Å²) in [5, 5.41) is 11.1. The summed E-state index contributed by atoms with van der Waals surface area (Å²) in [6, 6.07) is -0.631. The summed E-state index contributed by atoms with van der Waals surface area (Å²) in [5.74, 6) is -1.53. The van der Waals surface area contributed by atoms with Gasteiger partial charge in [-0.15, -0.1) is 11.8 Å². The molecule has 1 heterocycles. The number of nitrogens with one attached hydrogen (secondary N) is 1. The minimum atomic E-state index is -4.58. The average Bonchev–Trinajstić information content (AvgIpc) is 2.41. The number of hydrogen-bond donors (Lipinski definition) is 2. The molecule has 11 heteroatoms. The molecule has 25 heavy (non-hydrogen) atoms. The van der Waals surface area contributed by atoms with Gasteiger partial charge in [0, 0.05) is 11.9 Å². The molecule has 6 nitrogen and oxygen atoms in total. The number of alkyl halides is 3. The molecule has 0 aliphatic rings. The van der Waals surface area contributed by atoms with E-state index >= 15 is 0 Å². The Balaban J connectivity index is 2.75. The van der Waals surface area contributed by atoms with Crippen LogP contribution in [0.25, 0.3) is 0 Å². The third kappa shape index (κ3) is 7.39. The standard InChI is InChI=1S/C14H16ClF3N2O4S/c1-13(2,3)24-12(23)20-9(11(21)22)6-25-10-8(15)4-7(5-19-10)14(16,17)18/h4-5,9H,6H2,1-3H3,(H,20,23)(H,21,22)/t9-/m0/s1. The molecule has 140 valence electrons. The molecule has 0 saturated heterocycles. The van der Waals surface area contributed by atoms with Gasteiger partial charge < -0.3 is 15.2 Å². The maximum absolute atomic E-state index is 12.6. The van der Waals surface area contributed by atoms with E-state index in [1.54, 1.807) is 20.8 Å². The number of nitrogens with zero attached hydrogens (tertiary/aromatic N) is 1. The molecule has 1 atom stereocenters. The zero-order valence-electron chi connectivity index (χ0n) is 13.5. The molecule has 0 spiro atoms. The Morgan fingerprint density at radius 2 is 2.00 bits per heavy atom. The van der Waals surface area contributed by atoms with Gasteiger partial charge in [0.25, 0.3) is 0 Å². The number of thioether (sulfide) groups is 1. The third-order valence-electron chi connectivity index (χ3n) is 2.51. The lowest BCUT2D eigenvalue weighted by Gasteiger charge is -2.21. The van der Waals surface area contributed by atoms with Crippen molar-refractivity contribution < 1.29 is 32.6 Å². The average molecular weight is 401 g/mol. The van der Waals surface area contributed by atoms with E-state index in [-0.39, 0.29) is 15.8 Å². The van der Waals surface area contributed by atoms with Gasteiger partial charge >= 0.3 is 18.2 Å². The molecule has 1 rings (SSSR count). The Morgan fingerprint density at radius 3 is 2.44 bits per heavy atom. The fourth-order valence-corrected chi connectivity index (χ4v) is 2.68. The molecule has 0 aliphatic carbocycles. The van der Waals surface area contributed by atoms with Crippen molar-refractivity contribution in [3.63, 3.8) is 0 Å². The number of pyridine rings is 1. The molecule has 0 fully saturated rings. The lowest BCUT2D eigenvalue weighted by atomic mass is 10.2. The largest absolute Gasteiger partial charge is 0.480 e. The molecule has 0 aliphatic heterocycles. The lowest BCUT2D eigenvalue weighted by molar-refractivity contribution is -0.139. The smallest absolute Gasteiger partial charge is 0.417 e. The molecule has 1 aromatic heterocycles. The van der Waals surface area contributed by atoms with Crippen molar-refractivity contribution in [2.24, 2.45) is 0 Å². The van der Waals surface area contributed by atoms with E-state index in [4.69, 9.17) is 21.4 Å². The van der Waals surface area contributed by atoms with E-state index in [2.05, 4.69) is 10.3 Å². The molecular formula is C14H16ClF3N2O4S. The summed E-state index contributed by atoms with van der Waals surface area (Å²) in [5.41, 5.74) is -1.82. The van der Waals surface area contributed by atoms with Gasteiger partial charge in [-0.3, -0.25) is 0 Å². The summed E-state index contributed by atoms with van der Waals surface area (Å²) in [6.07, 6.45) is -4.90. The van der Waals surface area contributed by atoms with E-state index in [1.807, 2.05) is 0 Å². The first-order chi connectivity index (χ1) is 11.3. The molecule has 0 saturated carbocycles. The second-order valence-corrected chi connectivity index (χ2v) is 7.27. The van der Waals surface area contributed by atoms with Crippen LogP contribution in [-0.2, 0) is 15.7 Å². The monoisotopic (exact) mass is 400 g/mol. The van der Waals surface area contributed by atoms with Crippen molar-refractivity contribution in [2.45, 2.75) is 43.6 Å². The van der Waals surface area contributed by atoms with Crippen molar-refractivity contribution in [1.82, 2.24) is 10.3 Å². The number of carbonyl (C=O) groups is 2. The maximum atomic E-state index is 12.6. The number of amides is 1. The van der Waals surface area contributed by atoms with Gasteiger partial charge in [-0.2, -0.15) is 13.2 Å². The van der Waals surface area contributed by atoms with Crippen LogP contribution in [0.2, 0.25) is 5.02 Å². The second kappa shape index (κ2) is 8.13. The number of carbonyl (C=O) groups excluding carboxylic acids is 1. The van der Waals surface area contributed by atoms with Crippen molar-refractivity contribution in [3.05, 3.63) is 22.8 Å². The zero-order chi connectivity index (χ0) is 19.4.